The number of hydrogen-bond donors (Lipinski definition) is 1. The highest BCUT2D eigenvalue weighted by atomic mass is 32.2. The van der Waals surface area contributed by atoms with Crippen LogP contribution in [0.25, 0.3) is 21.3 Å². The van der Waals surface area contributed by atoms with Gasteiger partial charge in [0, 0.05) is 17.5 Å². The monoisotopic (exact) mass is 530 g/mol. The summed E-state index contributed by atoms with van der Waals surface area (Å²) in [7, 11) is 0. The standard InChI is InChI=1S/C29H30N4O2S2/c1-6-15-33-27(35)25-23(21-11-7-19(2)8-12-21)17-36-26(25)31-28(33)37-18-24(34)32-30-16-20-9-13-22(14-10-20)29(3,4)5/h6-14,16-17H,1,15,18H2,2-5H3,(H,32,34)/b30-16+. The lowest BCUT2D eigenvalue weighted by Gasteiger charge is -2.18. The average molecular weight is 531 g/mol. The Labute approximate surface area is 225 Å². The van der Waals surface area contributed by atoms with Gasteiger partial charge in [0.25, 0.3) is 11.5 Å². The van der Waals surface area contributed by atoms with E-state index in [-0.39, 0.29) is 22.6 Å². The number of carbonyl (C=O) groups is 1. The van der Waals surface area contributed by atoms with E-state index in [1.807, 2.05) is 48.7 Å². The molecule has 0 saturated carbocycles. The van der Waals surface area contributed by atoms with Crippen molar-refractivity contribution in [2.24, 2.45) is 5.10 Å². The third kappa shape index (κ3) is 6.26. The number of aromatic nitrogens is 2. The first-order valence-electron chi connectivity index (χ1n) is 11.9. The summed E-state index contributed by atoms with van der Waals surface area (Å²) < 4.78 is 1.57. The van der Waals surface area contributed by atoms with Gasteiger partial charge in [-0.25, -0.2) is 10.4 Å². The number of allylic oxidation sites excluding steroid dienone is 1. The van der Waals surface area contributed by atoms with E-state index in [0.717, 1.165) is 22.3 Å². The maximum absolute atomic E-state index is 13.5. The predicted molar refractivity (Wildman–Crippen MR) is 156 cm³/mol. The fourth-order valence-corrected chi connectivity index (χ4v) is 5.55. The van der Waals surface area contributed by atoms with Gasteiger partial charge in [0.1, 0.15) is 4.83 Å². The summed E-state index contributed by atoms with van der Waals surface area (Å²) in [6.45, 7) is 12.6. The third-order valence-electron chi connectivity index (χ3n) is 5.84. The molecule has 0 saturated heterocycles. The zero-order valence-corrected chi connectivity index (χ0v) is 23.1. The van der Waals surface area contributed by atoms with Gasteiger partial charge in [-0.3, -0.25) is 14.2 Å². The first-order chi connectivity index (χ1) is 17.7. The molecule has 1 amide bonds. The van der Waals surface area contributed by atoms with Crippen LogP contribution in [-0.4, -0.2) is 27.4 Å². The molecular formula is C29H30N4O2S2. The molecule has 0 bridgehead atoms. The van der Waals surface area contributed by atoms with Gasteiger partial charge in [-0.05, 0) is 29.0 Å². The van der Waals surface area contributed by atoms with Gasteiger partial charge in [-0.2, -0.15) is 5.10 Å². The van der Waals surface area contributed by atoms with Gasteiger partial charge in [0.2, 0.25) is 0 Å². The van der Waals surface area contributed by atoms with Gasteiger partial charge in [-0.1, -0.05) is 92.7 Å². The molecule has 8 heteroatoms. The van der Waals surface area contributed by atoms with Crippen LogP contribution in [0.4, 0.5) is 0 Å². The first kappa shape index (κ1) is 26.6. The van der Waals surface area contributed by atoms with E-state index in [0.29, 0.717) is 21.9 Å². The Hall–Kier alpha value is -3.49. The summed E-state index contributed by atoms with van der Waals surface area (Å²) in [5.74, 6) is -0.204. The number of fused-ring (bicyclic) bond motifs is 1. The molecule has 0 aliphatic rings. The SMILES string of the molecule is C=CCn1c(SCC(=O)N/N=C/c2ccc(C(C)(C)C)cc2)nc2scc(-c3ccc(C)cc3)c2c1=O. The van der Waals surface area contributed by atoms with Crippen LogP contribution in [0, 0.1) is 6.92 Å². The van der Waals surface area contributed by atoms with Crippen molar-refractivity contribution in [3.63, 3.8) is 0 Å². The van der Waals surface area contributed by atoms with E-state index in [1.54, 1.807) is 16.9 Å². The Balaban J connectivity index is 1.48. The number of benzene rings is 2. The molecule has 0 aliphatic carbocycles. The van der Waals surface area contributed by atoms with E-state index >= 15 is 0 Å². The number of hydrazone groups is 1. The highest BCUT2D eigenvalue weighted by Gasteiger charge is 2.18. The van der Waals surface area contributed by atoms with Crippen molar-refractivity contribution in [3.8, 4) is 11.1 Å². The van der Waals surface area contributed by atoms with Crippen LogP contribution in [0.15, 0.2) is 81.6 Å². The summed E-state index contributed by atoms with van der Waals surface area (Å²) in [6, 6.07) is 16.2. The molecule has 1 N–H and O–H groups in total. The van der Waals surface area contributed by atoms with E-state index in [9.17, 15) is 9.59 Å². The zero-order chi connectivity index (χ0) is 26.6. The third-order valence-corrected chi connectivity index (χ3v) is 7.69. The quantitative estimate of drug-likeness (QED) is 0.0973. The summed E-state index contributed by atoms with van der Waals surface area (Å²) in [5.41, 5.74) is 7.64. The fourth-order valence-electron chi connectivity index (χ4n) is 3.76. The van der Waals surface area contributed by atoms with E-state index in [4.69, 9.17) is 4.98 Å². The maximum Gasteiger partial charge on any atom is 0.263 e. The molecule has 6 nitrogen and oxygen atoms in total. The summed E-state index contributed by atoms with van der Waals surface area (Å²) in [4.78, 5) is 31.3. The minimum atomic E-state index is -0.279. The molecule has 4 aromatic rings. The molecule has 0 fully saturated rings. The van der Waals surface area contributed by atoms with Crippen molar-refractivity contribution < 1.29 is 4.79 Å². The van der Waals surface area contributed by atoms with Gasteiger partial charge >= 0.3 is 0 Å². The summed E-state index contributed by atoms with van der Waals surface area (Å²) in [6.07, 6.45) is 3.28. The number of amides is 1. The van der Waals surface area contributed by atoms with Gasteiger partial charge in [0.15, 0.2) is 5.16 Å². The minimum absolute atomic E-state index is 0.0750. The van der Waals surface area contributed by atoms with Crippen LogP contribution in [0.2, 0.25) is 0 Å². The minimum Gasteiger partial charge on any atom is -0.283 e. The molecule has 2 aromatic heterocycles. The highest BCUT2D eigenvalue weighted by molar-refractivity contribution is 7.99. The maximum atomic E-state index is 13.5. The Kier molecular flexibility index (Phi) is 8.10. The first-order valence-corrected chi connectivity index (χ1v) is 13.8. The van der Waals surface area contributed by atoms with Crippen molar-refractivity contribution in [3.05, 3.63) is 93.6 Å². The van der Waals surface area contributed by atoms with E-state index in [2.05, 4.69) is 50.0 Å². The molecule has 190 valence electrons. The van der Waals surface area contributed by atoms with Crippen LogP contribution in [0.5, 0.6) is 0 Å². The molecule has 2 aromatic carbocycles. The van der Waals surface area contributed by atoms with Gasteiger partial charge in [0.05, 0.1) is 17.4 Å². The lowest BCUT2D eigenvalue weighted by Crippen LogP contribution is -2.24. The number of rotatable bonds is 8. The topological polar surface area (TPSA) is 76.3 Å². The van der Waals surface area contributed by atoms with Gasteiger partial charge < -0.3 is 0 Å². The molecule has 2 heterocycles. The van der Waals surface area contributed by atoms with Crippen molar-refractivity contribution in [2.45, 2.75) is 44.8 Å². The molecule has 0 spiro atoms. The molecule has 4 rings (SSSR count). The van der Waals surface area contributed by atoms with Crippen LogP contribution in [-0.2, 0) is 16.8 Å². The number of thiophene rings is 1. The fraction of sp³-hybridized carbons (Fsp3) is 0.241. The van der Waals surface area contributed by atoms with Crippen LogP contribution in [0.3, 0.4) is 0 Å². The largest absolute Gasteiger partial charge is 0.283 e. The average Bonchev–Trinajstić information content (AvgIpc) is 3.29. The predicted octanol–water partition coefficient (Wildman–Crippen LogP) is 6.16. The number of carbonyl (C=O) groups excluding carboxylic acids is 1. The van der Waals surface area contributed by atoms with E-state index < -0.39 is 0 Å². The molecule has 0 radical (unpaired) electrons. The van der Waals surface area contributed by atoms with Crippen molar-refractivity contribution >= 4 is 45.4 Å². The Bertz CT molecular complexity index is 1510. The second-order valence-corrected chi connectivity index (χ2v) is 11.5. The number of nitrogens with one attached hydrogen (secondary N) is 1. The van der Waals surface area contributed by atoms with Crippen molar-refractivity contribution in [1.29, 1.82) is 0 Å². The van der Waals surface area contributed by atoms with E-state index in [1.165, 1.54) is 28.7 Å². The summed E-state index contributed by atoms with van der Waals surface area (Å²) in [5, 5.41) is 7.11. The number of hydrogen-bond acceptors (Lipinski definition) is 6. The molecule has 37 heavy (non-hydrogen) atoms. The van der Waals surface area contributed by atoms with Crippen LogP contribution < -0.4 is 11.0 Å². The smallest absolute Gasteiger partial charge is 0.263 e. The molecular weight excluding hydrogens is 500 g/mol. The second kappa shape index (κ2) is 11.3. The second-order valence-electron chi connectivity index (χ2n) is 9.75. The van der Waals surface area contributed by atoms with Crippen LogP contribution >= 0.6 is 23.1 Å². The highest BCUT2D eigenvalue weighted by Crippen LogP contribution is 2.32. The molecule has 0 atom stereocenters. The van der Waals surface area contributed by atoms with Crippen molar-refractivity contribution in [1.82, 2.24) is 15.0 Å². The number of nitrogens with zero attached hydrogens (tertiary/aromatic N) is 3. The summed E-state index contributed by atoms with van der Waals surface area (Å²) >= 11 is 2.64. The Morgan fingerprint density at radius 2 is 1.86 bits per heavy atom. The Morgan fingerprint density at radius 3 is 2.51 bits per heavy atom. The lowest BCUT2D eigenvalue weighted by atomic mass is 9.87. The van der Waals surface area contributed by atoms with Crippen molar-refractivity contribution in [2.75, 3.05) is 5.75 Å². The number of thioether (sulfide) groups is 1. The molecule has 0 aliphatic heterocycles. The zero-order valence-electron chi connectivity index (χ0n) is 21.4. The number of aryl methyl sites for hydroxylation is 1. The lowest BCUT2D eigenvalue weighted by molar-refractivity contribution is -0.118. The van der Waals surface area contributed by atoms with Crippen LogP contribution in [0.1, 0.15) is 37.5 Å². The normalized spacial score (nSPS) is 11.8. The Morgan fingerprint density at radius 1 is 1.16 bits per heavy atom. The molecule has 0 unspecified atom stereocenters. The van der Waals surface area contributed by atoms with Gasteiger partial charge in [-0.15, -0.1) is 17.9 Å².